The highest BCUT2D eigenvalue weighted by Gasteiger charge is 2.30. The summed E-state index contributed by atoms with van der Waals surface area (Å²) in [6.07, 6.45) is 8.71. The zero-order valence-corrected chi connectivity index (χ0v) is 20.1. The van der Waals surface area contributed by atoms with Crippen molar-refractivity contribution in [2.45, 2.75) is 25.8 Å². The van der Waals surface area contributed by atoms with Gasteiger partial charge in [-0.05, 0) is 56.2 Å². The number of aliphatic hydroxyl groups excluding tert-OH is 1. The van der Waals surface area contributed by atoms with E-state index in [9.17, 15) is 14.7 Å². The molecule has 0 radical (unpaired) electrons. The van der Waals surface area contributed by atoms with E-state index in [1.54, 1.807) is 15.7 Å². The van der Waals surface area contributed by atoms with Crippen LogP contribution in [0.25, 0.3) is 21.1 Å². The Morgan fingerprint density at radius 1 is 1.29 bits per heavy atom. The molecule has 1 fully saturated rings. The number of aromatic nitrogens is 2. The zero-order chi connectivity index (χ0) is 24.5. The number of thiophene rings is 1. The summed E-state index contributed by atoms with van der Waals surface area (Å²) >= 11 is 1.40. The SMILES string of the molecule is C#CCNC(=O)n1c(C)cc2cc(Nc3ccnc4cc(C(=O)N5CCCC5CO)sc34)ccc21. The topological polar surface area (TPSA) is 99.5 Å². The Morgan fingerprint density at radius 3 is 2.94 bits per heavy atom. The van der Waals surface area contributed by atoms with E-state index >= 15 is 0 Å². The number of fused-ring (bicyclic) bond motifs is 2. The minimum atomic E-state index is -0.260. The van der Waals surface area contributed by atoms with Gasteiger partial charge in [0.1, 0.15) is 0 Å². The van der Waals surface area contributed by atoms with E-state index in [-0.39, 0.29) is 31.1 Å². The number of likely N-dealkylation sites (tertiary alicyclic amines) is 1. The van der Waals surface area contributed by atoms with Crippen LogP contribution in [0.5, 0.6) is 0 Å². The summed E-state index contributed by atoms with van der Waals surface area (Å²) in [6, 6.07) is 11.1. The number of terminal acetylenes is 1. The number of carbonyl (C=O) groups excluding carboxylic acids is 2. The Balaban J connectivity index is 1.43. The van der Waals surface area contributed by atoms with Gasteiger partial charge in [-0.2, -0.15) is 0 Å². The van der Waals surface area contributed by atoms with Crippen LogP contribution in [-0.2, 0) is 0 Å². The van der Waals surface area contributed by atoms with Gasteiger partial charge in [0.2, 0.25) is 0 Å². The molecule has 1 atom stereocenters. The second-order valence-corrected chi connectivity index (χ2v) is 9.60. The number of amides is 2. The van der Waals surface area contributed by atoms with Crippen molar-refractivity contribution in [1.82, 2.24) is 19.8 Å². The number of nitrogens with one attached hydrogen (secondary N) is 2. The summed E-state index contributed by atoms with van der Waals surface area (Å²) in [4.78, 5) is 32.4. The maximum Gasteiger partial charge on any atom is 0.327 e. The van der Waals surface area contributed by atoms with E-state index in [2.05, 4.69) is 21.5 Å². The molecule has 1 unspecified atom stereocenters. The van der Waals surface area contributed by atoms with Crippen LogP contribution < -0.4 is 10.6 Å². The molecule has 5 rings (SSSR count). The van der Waals surface area contributed by atoms with Gasteiger partial charge >= 0.3 is 6.03 Å². The Bertz CT molecular complexity index is 1480. The average Bonchev–Trinajstić information content (AvgIpc) is 3.58. The van der Waals surface area contributed by atoms with Gasteiger partial charge in [0.15, 0.2) is 0 Å². The third kappa shape index (κ3) is 4.22. The lowest BCUT2D eigenvalue weighted by molar-refractivity contribution is 0.0682. The fourth-order valence-electron chi connectivity index (χ4n) is 4.64. The highest BCUT2D eigenvalue weighted by Crippen LogP contribution is 2.35. The first-order chi connectivity index (χ1) is 17.0. The van der Waals surface area contributed by atoms with Crippen LogP contribution in [0, 0.1) is 19.3 Å². The second kappa shape index (κ2) is 9.41. The van der Waals surface area contributed by atoms with Gasteiger partial charge in [-0.3, -0.25) is 14.3 Å². The summed E-state index contributed by atoms with van der Waals surface area (Å²) in [7, 11) is 0. The van der Waals surface area contributed by atoms with Gasteiger partial charge in [-0.15, -0.1) is 17.8 Å². The first kappa shape index (κ1) is 22.9. The lowest BCUT2D eigenvalue weighted by Crippen LogP contribution is -2.37. The number of nitrogens with zero attached hydrogens (tertiary/aromatic N) is 3. The number of aliphatic hydroxyl groups is 1. The maximum atomic E-state index is 13.1. The molecule has 0 aliphatic carbocycles. The molecule has 4 aromatic rings. The smallest absolute Gasteiger partial charge is 0.327 e. The second-order valence-electron chi connectivity index (χ2n) is 8.54. The van der Waals surface area contributed by atoms with Crippen LogP contribution in [0.1, 0.15) is 28.2 Å². The zero-order valence-electron chi connectivity index (χ0n) is 19.2. The van der Waals surface area contributed by atoms with Crippen LogP contribution in [0.15, 0.2) is 42.6 Å². The standard InChI is InChI=1S/C26H25N5O3S/c1-3-9-28-26(34)31-16(2)12-17-13-18(6-7-22(17)31)29-20-8-10-27-21-14-23(35-24(20)21)25(33)30-11-4-5-19(30)15-32/h1,6-8,10,12-14,19,32H,4-5,9,11,15H2,2H3,(H,27,29)(H,28,34). The molecule has 35 heavy (non-hydrogen) atoms. The molecule has 1 saturated heterocycles. The molecule has 9 heteroatoms. The monoisotopic (exact) mass is 487 g/mol. The largest absolute Gasteiger partial charge is 0.394 e. The van der Waals surface area contributed by atoms with E-state index in [1.165, 1.54) is 11.3 Å². The first-order valence-electron chi connectivity index (χ1n) is 11.4. The number of hydrogen-bond acceptors (Lipinski definition) is 6. The minimum Gasteiger partial charge on any atom is -0.394 e. The molecule has 178 valence electrons. The fraction of sp³-hybridized carbons (Fsp3) is 0.269. The predicted octanol–water partition coefficient (Wildman–Crippen LogP) is 4.09. The molecule has 1 aromatic carbocycles. The van der Waals surface area contributed by atoms with E-state index in [1.807, 2.05) is 43.3 Å². The number of pyridine rings is 1. The van der Waals surface area contributed by atoms with Crippen molar-refractivity contribution in [1.29, 1.82) is 0 Å². The first-order valence-corrected chi connectivity index (χ1v) is 12.2. The van der Waals surface area contributed by atoms with Gasteiger partial charge in [-0.1, -0.05) is 5.92 Å². The minimum absolute atomic E-state index is 0.0169. The van der Waals surface area contributed by atoms with Crippen molar-refractivity contribution in [2.24, 2.45) is 0 Å². The molecule has 1 aliphatic rings. The average molecular weight is 488 g/mol. The van der Waals surface area contributed by atoms with Gasteiger partial charge in [-0.25, -0.2) is 4.79 Å². The number of anilines is 2. The Labute approximate surface area is 206 Å². The van der Waals surface area contributed by atoms with Crippen LogP contribution >= 0.6 is 11.3 Å². The van der Waals surface area contributed by atoms with E-state index in [0.717, 1.165) is 51.0 Å². The maximum absolute atomic E-state index is 13.1. The predicted molar refractivity (Wildman–Crippen MR) is 138 cm³/mol. The molecule has 3 N–H and O–H groups in total. The Morgan fingerprint density at radius 2 is 2.14 bits per heavy atom. The molecule has 3 aromatic heterocycles. The van der Waals surface area contributed by atoms with Crippen molar-refractivity contribution >= 4 is 55.8 Å². The Kier molecular flexibility index (Phi) is 6.16. The highest BCUT2D eigenvalue weighted by molar-refractivity contribution is 7.21. The van der Waals surface area contributed by atoms with Crippen LogP contribution in [0.3, 0.4) is 0 Å². The summed E-state index contributed by atoms with van der Waals surface area (Å²) < 4.78 is 2.49. The molecule has 1 aliphatic heterocycles. The van der Waals surface area contributed by atoms with Gasteiger partial charge in [0.05, 0.1) is 45.5 Å². The van der Waals surface area contributed by atoms with Gasteiger partial charge in [0.25, 0.3) is 5.91 Å². The van der Waals surface area contributed by atoms with Crippen molar-refractivity contribution in [3.05, 3.63) is 53.2 Å². The number of aryl methyl sites for hydroxylation is 1. The fourth-order valence-corrected chi connectivity index (χ4v) is 5.68. The summed E-state index contributed by atoms with van der Waals surface area (Å²) in [5.74, 6) is 2.36. The molecule has 0 saturated carbocycles. The van der Waals surface area contributed by atoms with E-state index in [0.29, 0.717) is 11.4 Å². The molecular formula is C26H25N5O3S. The summed E-state index contributed by atoms with van der Waals surface area (Å²) in [6.45, 7) is 2.69. The molecular weight excluding hydrogens is 462 g/mol. The van der Waals surface area contributed by atoms with Crippen molar-refractivity contribution in [3.8, 4) is 12.3 Å². The number of carbonyl (C=O) groups is 2. The van der Waals surface area contributed by atoms with E-state index < -0.39 is 0 Å². The third-order valence-corrected chi connectivity index (χ3v) is 7.43. The number of benzene rings is 1. The third-order valence-electron chi connectivity index (χ3n) is 6.28. The van der Waals surface area contributed by atoms with Crippen molar-refractivity contribution in [2.75, 3.05) is 25.0 Å². The molecule has 8 nitrogen and oxygen atoms in total. The van der Waals surface area contributed by atoms with E-state index in [4.69, 9.17) is 6.42 Å². The van der Waals surface area contributed by atoms with Crippen LogP contribution in [0.4, 0.5) is 16.2 Å². The number of hydrogen-bond donors (Lipinski definition) is 3. The molecule has 0 bridgehead atoms. The number of rotatable bonds is 5. The summed E-state index contributed by atoms with van der Waals surface area (Å²) in [5.41, 5.74) is 4.04. The molecule has 4 heterocycles. The van der Waals surface area contributed by atoms with Crippen molar-refractivity contribution in [3.63, 3.8) is 0 Å². The van der Waals surface area contributed by atoms with Crippen molar-refractivity contribution < 1.29 is 14.7 Å². The van der Waals surface area contributed by atoms with Crippen LogP contribution in [-0.4, -0.2) is 57.2 Å². The lowest BCUT2D eigenvalue weighted by Gasteiger charge is -2.22. The normalized spacial score (nSPS) is 15.5. The van der Waals surface area contributed by atoms with Crippen LogP contribution in [0.2, 0.25) is 0 Å². The summed E-state index contributed by atoms with van der Waals surface area (Å²) in [5, 5.41) is 16.7. The van der Waals surface area contributed by atoms with Gasteiger partial charge in [0, 0.05) is 29.5 Å². The molecule has 0 spiro atoms. The lowest BCUT2D eigenvalue weighted by atomic mass is 10.2. The highest BCUT2D eigenvalue weighted by atomic mass is 32.1. The molecule has 2 amide bonds. The van der Waals surface area contributed by atoms with Gasteiger partial charge < -0.3 is 20.6 Å². The quantitative estimate of drug-likeness (QED) is 0.368. The Hall–Kier alpha value is -3.87.